The van der Waals surface area contributed by atoms with Gasteiger partial charge in [-0.1, -0.05) is 18.2 Å². The zero-order valence-electron chi connectivity index (χ0n) is 13.1. The molecule has 0 unspecified atom stereocenters. The molecule has 6 heteroatoms. The maximum absolute atomic E-state index is 12.6. The number of para-hydroxylation sites is 1. The number of aromatic nitrogens is 1. The van der Waals surface area contributed by atoms with Crippen LogP contribution < -0.4 is 19.8 Å². The van der Waals surface area contributed by atoms with Crippen molar-refractivity contribution in [2.75, 3.05) is 6.79 Å². The Hall–Kier alpha value is -3.28. The summed E-state index contributed by atoms with van der Waals surface area (Å²) in [6, 6.07) is 12.8. The monoisotopic (exact) mass is 335 g/mol. The minimum absolute atomic E-state index is 0.105. The topological polar surface area (TPSA) is 77.6 Å². The van der Waals surface area contributed by atoms with Gasteiger partial charge < -0.3 is 19.2 Å². The number of esters is 1. The summed E-state index contributed by atoms with van der Waals surface area (Å²) in [4.78, 5) is 27.6. The van der Waals surface area contributed by atoms with Gasteiger partial charge in [0.2, 0.25) is 6.79 Å². The van der Waals surface area contributed by atoms with E-state index in [1.54, 1.807) is 12.1 Å². The van der Waals surface area contributed by atoms with Crippen molar-refractivity contribution in [2.24, 2.45) is 0 Å². The van der Waals surface area contributed by atoms with Crippen molar-refractivity contribution in [3.63, 3.8) is 0 Å². The number of aromatic amines is 1. The van der Waals surface area contributed by atoms with Crippen LogP contribution in [-0.4, -0.2) is 17.7 Å². The number of rotatable bonds is 1. The van der Waals surface area contributed by atoms with Crippen LogP contribution in [0.5, 0.6) is 17.2 Å². The fourth-order valence-corrected chi connectivity index (χ4v) is 3.44. The predicted octanol–water partition coefficient (Wildman–Crippen LogP) is 2.70. The van der Waals surface area contributed by atoms with Crippen LogP contribution >= 0.6 is 0 Å². The number of pyridine rings is 1. The van der Waals surface area contributed by atoms with Gasteiger partial charge in [-0.25, -0.2) is 0 Å². The highest BCUT2D eigenvalue weighted by Crippen LogP contribution is 2.45. The van der Waals surface area contributed by atoms with E-state index < -0.39 is 0 Å². The zero-order valence-corrected chi connectivity index (χ0v) is 13.1. The highest BCUT2D eigenvalue weighted by molar-refractivity contribution is 5.81. The lowest BCUT2D eigenvalue weighted by atomic mass is 9.86. The number of benzene rings is 2. The molecule has 3 aromatic rings. The Bertz CT molecular complexity index is 1080. The summed E-state index contributed by atoms with van der Waals surface area (Å²) in [5, 5.41) is 0.915. The molecule has 124 valence electrons. The summed E-state index contributed by atoms with van der Waals surface area (Å²) >= 11 is 0. The highest BCUT2D eigenvalue weighted by Gasteiger charge is 2.33. The molecule has 1 N–H and O–H groups in total. The quantitative estimate of drug-likeness (QED) is 0.546. The Kier molecular flexibility index (Phi) is 2.88. The van der Waals surface area contributed by atoms with Gasteiger partial charge in [0.25, 0.3) is 5.56 Å². The molecule has 2 aliphatic heterocycles. The van der Waals surface area contributed by atoms with Crippen molar-refractivity contribution >= 4 is 16.9 Å². The minimum Gasteiger partial charge on any atom is -0.454 e. The van der Waals surface area contributed by atoms with Crippen LogP contribution in [0, 0.1) is 0 Å². The van der Waals surface area contributed by atoms with Crippen LogP contribution in [-0.2, 0) is 4.79 Å². The molecule has 0 saturated heterocycles. The molecule has 0 aliphatic carbocycles. The number of fused-ring (bicyclic) bond motifs is 3. The average Bonchev–Trinajstić information content (AvgIpc) is 3.06. The van der Waals surface area contributed by atoms with Crippen LogP contribution in [0.1, 0.15) is 23.5 Å². The molecule has 5 rings (SSSR count). The first-order chi connectivity index (χ1) is 12.2. The first-order valence-electron chi connectivity index (χ1n) is 7.95. The lowest BCUT2D eigenvalue weighted by molar-refractivity contribution is -0.135. The summed E-state index contributed by atoms with van der Waals surface area (Å²) in [5.74, 6) is 0.791. The Morgan fingerprint density at radius 2 is 1.72 bits per heavy atom. The summed E-state index contributed by atoms with van der Waals surface area (Å²) < 4.78 is 16.1. The fraction of sp³-hybridized carbons (Fsp3) is 0.158. The molecule has 6 nitrogen and oxygen atoms in total. The van der Waals surface area contributed by atoms with Gasteiger partial charge in [-0.05, 0) is 23.6 Å². The maximum Gasteiger partial charge on any atom is 0.312 e. The molecule has 1 aromatic heterocycles. The zero-order chi connectivity index (χ0) is 17.0. The van der Waals surface area contributed by atoms with Crippen molar-refractivity contribution < 1.29 is 19.0 Å². The molecule has 1 atom stereocenters. The molecule has 0 amide bonds. The van der Waals surface area contributed by atoms with E-state index in [0.717, 1.165) is 16.5 Å². The Labute approximate surface area is 142 Å². The Morgan fingerprint density at radius 1 is 0.920 bits per heavy atom. The maximum atomic E-state index is 12.6. The minimum atomic E-state index is -0.390. The summed E-state index contributed by atoms with van der Waals surface area (Å²) in [7, 11) is 0. The van der Waals surface area contributed by atoms with Crippen molar-refractivity contribution in [1.82, 2.24) is 4.98 Å². The van der Waals surface area contributed by atoms with E-state index in [4.69, 9.17) is 14.2 Å². The van der Waals surface area contributed by atoms with Crippen molar-refractivity contribution in [2.45, 2.75) is 12.3 Å². The van der Waals surface area contributed by atoms with Gasteiger partial charge in [-0.3, -0.25) is 9.59 Å². The van der Waals surface area contributed by atoms with Crippen LogP contribution in [0.25, 0.3) is 10.9 Å². The van der Waals surface area contributed by atoms with Gasteiger partial charge in [-0.15, -0.1) is 0 Å². The Morgan fingerprint density at radius 3 is 2.60 bits per heavy atom. The highest BCUT2D eigenvalue weighted by atomic mass is 16.7. The molecule has 0 saturated carbocycles. The van der Waals surface area contributed by atoms with E-state index in [1.165, 1.54) is 0 Å². The van der Waals surface area contributed by atoms with Gasteiger partial charge in [0.15, 0.2) is 11.5 Å². The van der Waals surface area contributed by atoms with Crippen molar-refractivity contribution in [1.29, 1.82) is 0 Å². The number of hydrogen-bond donors (Lipinski definition) is 1. The SMILES string of the molecule is O=C1C[C@H](c2cc3ccccc3[nH]c2=O)c2cc3c(cc2O1)OCO3. The molecule has 3 heterocycles. The molecular weight excluding hydrogens is 322 g/mol. The van der Waals surface area contributed by atoms with E-state index in [-0.39, 0.29) is 30.7 Å². The van der Waals surface area contributed by atoms with E-state index >= 15 is 0 Å². The molecule has 0 fully saturated rings. The number of nitrogens with one attached hydrogen (secondary N) is 1. The molecule has 25 heavy (non-hydrogen) atoms. The largest absolute Gasteiger partial charge is 0.454 e. The van der Waals surface area contributed by atoms with Gasteiger partial charge in [0, 0.05) is 28.6 Å². The molecule has 0 spiro atoms. The Balaban J connectivity index is 1.72. The summed E-state index contributed by atoms with van der Waals surface area (Å²) in [5.41, 5.74) is 1.85. The third-order valence-corrected chi connectivity index (χ3v) is 4.63. The smallest absolute Gasteiger partial charge is 0.312 e. The normalized spacial score (nSPS) is 18.1. The second-order valence-corrected chi connectivity index (χ2v) is 6.12. The number of carbonyl (C=O) groups excluding carboxylic acids is 1. The fourth-order valence-electron chi connectivity index (χ4n) is 3.44. The first-order valence-corrected chi connectivity index (χ1v) is 7.95. The lowest BCUT2D eigenvalue weighted by Gasteiger charge is -2.24. The van der Waals surface area contributed by atoms with E-state index in [9.17, 15) is 9.59 Å². The molecule has 0 radical (unpaired) electrons. The van der Waals surface area contributed by atoms with Crippen molar-refractivity contribution in [3.8, 4) is 17.2 Å². The van der Waals surface area contributed by atoms with E-state index in [0.29, 0.717) is 22.8 Å². The van der Waals surface area contributed by atoms with Gasteiger partial charge in [0.1, 0.15) is 5.75 Å². The van der Waals surface area contributed by atoms with Crippen molar-refractivity contribution in [3.05, 3.63) is 63.9 Å². The van der Waals surface area contributed by atoms with Crippen LogP contribution in [0.4, 0.5) is 0 Å². The number of ether oxygens (including phenoxy) is 3. The van der Waals surface area contributed by atoms with Gasteiger partial charge in [-0.2, -0.15) is 0 Å². The third-order valence-electron chi connectivity index (χ3n) is 4.63. The van der Waals surface area contributed by atoms with Gasteiger partial charge >= 0.3 is 5.97 Å². The third kappa shape index (κ3) is 2.18. The number of H-pyrrole nitrogens is 1. The molecule has 2 aromatic carbocycles. The average molecular weight is 335 g/mol. The van der Waals surface area contributed by atoms with E-state index in [2.05, 4.69) is 4.98 Å². The molecule has 0 bridgehead atoms. The second kappa shape index (κ2) is 5.11. The lowest BCUT2D eigenvalue weighted by Crippen LogP contribution is -2.25. The standard InChI is InChI=1S/C19H13NO5/c21-18-7-11(12-6-16-17(24-9-23-16)8-15(12)25-18)13-5-10-3-1-2-4-14(10)20-19(13)22/h1-6,8,11H,7,9H2,(H,20,22)/t11-/m0/s1. The summed E-state index contributed by atoms with van der Waals surface area (Å²) in [6.45, 7) is 0.132. The van der Waals surface area contributed by atoms with Crippen LogP contribution in [0.15, 0.2) is 47.3 Å². The second-order valence-electron chi connectivity index (χ2n) is 6.12. The first kappa shape index (κ1) is 14.1. The number of hydrogen-bond acceptors (Lipinski definition) is 5. The summed E-state index contributed by atoms with van der Waals surface area (Å²) in [6.07, 6.45) is 0.105. The van der Waals surface area contributed by atoms with Gasteiger partial charge in [0.05, 0.1) is 6.42 Å². The molecule has 2 aliphatic rings. The predicted molar refractivity (Wildman–Crippen MR) is 89.2 cm³/mol. The van der Waals surface area contributed by atoms with Crippen LogP contribution in [0.3, 0.4) is 0 Å². The molecular formula is C19H13NO5. The number of carbonyl (C=O) groups is 1. The van der Waals surface area contributed by atoms with E-state index in [1.807, 2.05) is 30.3 Å². The van der Waals surface area contributed by atoms with Crippen LogP contribution in [0.2, 0.25) is 0 Å².